The fourth-order valence-electron chi connectivity index (χ4n) is 3.86. The van der Waals surface area contributed by atoms with Gasteiger partial charge in [0.25, 0.3) is 0 Å². The van der Waals surface area contributed by atoms with Crippen molar-refractivity contribution >= 4 is 23.8 Å². The van der Waals surface area contributed by atoms with Gasteiger partial charge in [-0.1, -0.05) is 0 Å². The average molecular weight is 430 g/mol. The monoisotopic (exact) mass is 430 g/mol. The number of rotatable bonds is 5. The van der Waals surface area contributed by atoms with Gasteiger partial charge in [0.05, 0.1) is 12.0 Å². The van der Waals surface area contributed by atoms with Crippen LogP contribution in [-0.4, -0.2) is 81.9 Å². The minimum atomic E-state index is -1.62. The van der Waals surface area contributed by atoms with Crippen molar-refractivity contribution in [3.8, 4) is 6.07 Å². The Morgan fingerprint density at radius 1 is 1.42 bits per heavy atom. The van der Waals surface area contributed by atoms with Gasteiger partial charge in [-0.25, -0.2) is 19.3 Å². The first kappa shape index (κ1) is 21.0. The molecular formula is C19H22N6O6. The predicted octanol–water partition coefficient (Wildman–Crippen LogP) is 1.28. The first-order valence-corrected chi connectivity index (χ1v) is 9.51. The third-order valence-electron chi connectivity index (χ3n) is 4.99. The summed E-state index contributed by atoms with van der Waals surface area (Å²) in [6.07, 6.45) is -0.910. The van der Waals surface area contributed by atoms with Gasteiger partial charge < -0.3 is 29.0 Å². The number of hydrogen-bond donors (Lipinski definition) is 1. The molecule has 0 spiro atoms. The third-order valence-corrected chi connectivity index (χ3v) is 4.99. The molecule has 1 N–H and O–H groups in total. The zero-order chi connectivity index (χ0) is 22.4. The van der Waals surface area contributed by atoms with Crippen LogP contribution in [0.3, 0.4) is 0 Å². The highest BCUT2D eigenvalue weighted by Crippen LogP contribution is 2.49. The van der Waals surface area contributed by atoms with Gasteiger partial charge in [0, 0.05) is 14.1 Å². The second-order valence-electron chi connectivity index (χ2n) is 7.91. The van der Waals surface area contributed by atoms with E-state index in [1.54, 1.807) is 37.2 Å². The Morgan fingerprint density at radius 2 is 2.19 bits per heavy atom. The number of carbonyl (C=O) groups is 1. The molecule has 2 fully saturated rings. The molecule has 4 atom stereocenters. The smallest absolute Gasteiger partial charge is 0.450 e. The van der Waals surface area contributed by atoms with Crippen LogP contribution in [0.25, 0.3) is 5.52 Å². The SMILES string of the molecule is CN(C)/C=N\c1ncnn2c([C@]3(C#N)O[C@H](COC(=O)O)[C@H]4OC(C)(C)O[C@H]43)ccc12. The van der Waals surface area contributed by atoms with E-state index in [1.807, 2.05) is 14.1 Å². The second-order valence-corrected chi connectivity index (χ2v) is 7.91. The molecule has 12 nitrogen and oxygen atoms in total. The Kier molecular flexibility index (Phi) is 5.04. The van der Waals surface area contributed by atoms with Gasteiger partial charge in [-0.2, -0.15) is 10.4 Å². The molecule has 164 valence electrons. The maximum absolute atomic E-state index is 10.9. The van der Waals surface area contributed by atoms with Crippen molar-refractivity contribution in [2.45, 2.75) is 43.5 Å². The van der Waals surface area contributed by atoms with Crippen LogP contribution >= 0.6 is 0 Å². The molecule has 0 unspecified atom stereocenters. The van der Waals surface area contributed by atoms with E-state index in [-0.39, 0.29) is 6.61 Å². The summed E-state index contributed by atoms with van der Waals surface area (Å²) in [7, 11) is 3.67. The van der Waals surface area contributed by atoms with Gasteiger partial charge >= 0.3 is 6.16 Å². The highest BCUT2D eigenvalue weighted by molar-refractivity contribution is 5.71. The van der Waals surface area contributed by atoms with Gasteiger partial charge in [0.15, 0.2) is 11.6 Å². The molecule has 2 aromatic heterocycles. The van der Waals surface area contributed by atoms with Crippen LogP contribution in [0.15, 0.2) is 23.5 Å². The molecular weight excluding hydrogens is 408 g/mol. The number of hydrogen-bond acceptors (Lipinski definition) is 9. The minimum absolute atomic E-state index is 0.309. The van der Waals surface area contributed by atoms with E-state index < -0.39 is 35.9 Å². The van der Waals surface area contributed by atoms with Crippen molar-refractivity contribution < 1.29 is 28.8 Å². The molecule has 31 heavy (non-hydrogen) atoms. The fraction of sp³-hybridized carbons (Fsp3) is 0.526. The topological polar surface area (TPSA) is 144 Å². The number of aliphatic imine (C=N–C) groups is 1. The molecule has 12 heteroatoms. The Labute approximate surface area is 177 Å². The van der Waals surface area contributed by atoms with Crippen LogP contribution in [-0.2, 0) is 24.5 Å². The van der Waals surface area contributed by atoms with E-state index in [9.17, 15) is 10.1 Å². The molecule has 0 saturated carbocycles. The van der Waals surface area contributed by atoms with Gasteiger partial charge in [0.2, 0.25) is 5.60 Å². The van der Waals surface area contributed by atoms with Crippen LogP contribution in [0.4, 0.5) is 10.6 Å². The zero-order valence-electron chi connectivity index (χ0n) is 17.4. The zero-order valence-corrected chi connectivity index (χ0v) is 17.4. The molecule has 0 aliphatic carbocycles. The third kappa shape index (κ3) is 3.56. The van der Waals surface area contributed by atoms with Crippen molar-refractivity contribution in [1.82, 2.24) is 19.5 Å². The van der Waals surface area contributed by atoms with Crippen molar-refractivity contribution in [1.29, 1.82) is 5.26 Å². The maximum Gasteiger partial charge on any atom is 0.505 e. The Hall–Kier alpha value is -3.27. The Morgan fingerprint density at radius 3 is 2.87 bits per heavy atom. The number of carboxylic acid groups (broad SMARTS) is 1. The normalized spacial score (nSPS) is 29.2. The van der Waals surface area contributed by atoms with E-state index in [1.165, 1.54) is 10.8 Å². The summed E-state index contributed by atoms with van der Waals surface area (Å²) in [6.45, 7) is 3.13. The van der Waals surface area contributed by atoms with Crippen LogP contribution in [0.2, 0.25) is 0 Å². The molecule has 2 aromatic rings. The lowest BCUT2D eigenvalue weighted by molar-refractivity contribution is -0.205. The van der Waals surface area contributed by atoms with Gasteiger partial charge in [-0.15, -0.1) is 0 Å². The molecule has 4 heterocycles. The van der Waals surface area contributed by atoms with Crippen LogP contribution in [0.5, 0.6) is 0 Å². The first-order chi connectivity index (χ1) is 14.7. The summed E-state index contributed by atoms with van der Waals surface area (Å²) in [5, 5.41) is 23.4. The van der Waals surface area contributed by atoms with Gasteiger partial charge in [0.1, 0.15) is 42.8 Å². The van der Waals surface area contributed by atoms with Crippen molar-refractivity contribution in [3.05, 3.63) is 24.2 Å². The molecule has 2 saturated heterocycles. The summed E-state index contributed by atoms with van der Waals surface area (Å²) >= 11 is 0. The van der Waals surface area contributed by atoms with E-state index in [4.69, 9.17) is 24.1 Å². The molecule has 2 aliphatic heterocycles. The van der Waals surface area contributed by atoms with E-state index >= 15 is 0 Å². The Bertz CT molecular complexity index is 1080. The van der Waals surface area contributed by atoms with Crippen molar-refractivity contribution in [2.75, 3.05) is 20.7 Å². The Balaban J connectivity index is 1.79. The first-order valence-electron chi connectivity index (χ1n) is 9.51. The molecule has 0 radical (unpaired) electrons. The van der Waals surface area contributed by atoms with Crippen molar-refractivity contribution in [3.63, 3.8) is 0 Å². The molecule has 4 rings (SSSR count). The highest BCUT2D eigenvalue weighted by atomic mass is 16.8. The lowest BCUT2D eigenvalue weighted by atomic mass is 9.92. The van der Waals surface area contributed by atoms with E-state index in [2.05, 4.69) is 21.1 Å². The van der Waals surface area contributed by atoms with Crippen LogP contribution in [0.1, 0.15) is 19.5 Å². The van der Waals surface area contributed by atoms with E-state index in [0.29, 0.717) is 17.0 Å². The number of fused-ring (bicyclic) bond motifs is 2. The number of nitriles is 1. The summed E-state index contributed by atoms with van der Waals surface area (Å²) in [6, 6.07) is 5.63. The second kappa shape index (κ2) is 7.45. The molecule has 0 amide bonds. The van der Waals surface area contributed by atoms with E-state index in [0.717, 1.165) is 0 Å². The standard InChI is InChI=1S/C19H22N6O6/c1-18(2)30-14-12(7-28-17(26)27)29-19(8-20,15(14)31-18)13-6-5-11-16(22-10-24(3)4)21-9-23-25(11)13/h5-6,9-10,12,14-15H,7H2,1-4H3,(H,26,27)/b22-10-/t12-,14-,15-,19+/m1/s1. The lowest BCUT2D eigenvalue weighted by Crippen LogP contribution is -2.40. The predicted molar refractivity (Wildman–Crippen MR) is 105 cm³/mol. The fourth-order valence-corrected chi connectivity index (χ4v) is 3.86. The largest absolute Gasteiger partial charge is 0.505 e. The summed E-state index contributed by atoms with van der Waals surface area (Å²) < 4.78 is 24.3. The lowest BCUT2D eigenvalue weighted by Gasteiger charge is -2.28. The van der Waals surface area contributed by atoms with Crippen molar-refractivity contribution in [2.24, 2.45) is 4.99 Å². The van der Waals surface area contributed by atoms with Crippen LogP contribution in [0, 0.1) is 11.3 Å². The molecule has 2 aliphatic rings. The van der Waals surface area contributed by atoms with Gasteiger partial charge in [-0.3, -0.25) is 0 Å². The average Bonchev–Trinajstić information content (AvgIpc) is 3.35. The summed E-state index contributed by atoms with van der Waals surface area (Å²) in [5.74, 6) is -0.585. The summed E-state index contributed by atoms with van der Waals surface area (Å²) in [5.41, 5.74) is -0.662. The minimum Gasteiger partial charge on any atom is -0.450 e. The van der Waals surface area contributed by atoms with Crippen LogP contribution < -0.4 is 0 Å². The molecule has 0 aromatic carbocycles. The maximum atomic E-state index is 10.9. The molecule has 0 bridgehead atoms. The highest BCUT2D eigenvalue weighted by Gasteiger charge is 2.65. The summed E-state index contributed by atoms with van der Waals surface area (Å²) in [4.78, 5) is 21.2. The van der Waals surface area contributed by atoms with Gasteiger partial charge in [-0.05, 0) is 26.0 Å². The number of aromatic nitrogens is 3. The number of ether oxygens (including phenoxy) is 4. The quantitative estimate of drug-likeness (QED) is 0.418. The number of nitrogens with zero attached hydrogens (tertiary/aromatic N) is 6.